The minimum atomic E-state index is -0.574. The van der Waals surface area contributed by atoms with Crippen LogP contribution in [-0.2, 0) is 4.79 Å². The molecule has 0 spiro atoms. The summed E-state index contributed by atoms with van der Waals surface area (Å²) < 4.78 is 0. The SMILES string of the molecule is C/C(O)=C(/N=Nc1ccc(C)cc1)C(=O)Nc1ccccn1. The van der Waals surface area contributed by atoms with Gasteiger partial charge in [-0.15, -0.1) is 5.11 Å². The van der Waals surface area contributed by atoms with E-state index in [1.165, 1.54) is 6.92 Å². The number of aliphatic hydroxyl groups excluding tert-OH is 1. The molecule has 6 heteroatoms. The maximum Gasteiger partial charge on any atom is 0.280 e. The second-order valence-electron chi connectivity index (χ2n) is 4.64. The van der Waals surface area contributed by atoms with Gasteiger partial charge in [0.1, 0.15) is 11.6 Å². The Morgan fingerprint density at radius 1 is 1.18 bits per heavy atom. The molecule has 2 rings (SSSR count). The molecule has 112 valence electrons. The highest BCUT2D eigenvalue weighted by Crippen LogP contribution is 2.16. The lowest BCUT2D eigenvalue weighted by Crippen LogP contribution is -2.15. The number of nitrogens with one attached hydrogen (secondary N) is 1. The molecule has 0 saturated heterocycles. The third-order valence-corrected chi connectivity index (χ3v) is 2.76. The van der Waals surface area contributed by atoms with Crippen LogP contribution in [0.25, 0.3) is 0 Å². The van der Waals surface area contributed by atoms with Gasteiger partial charge >= 0.3 is 0 Å². The Morgan fingerprint density at radius 3 is 2.50 bits per heavy atom. The molecule has 0 unspecified atom stereocenters. The lowest BCUT2D eigenvalue weighted by Gasteiger charge is -2.04. The Labute approximate surface area is 128 Å². The van der Waals surface area contributed by atoms with Crippen molar-refractivity contribution in [3.63, 3.8) is 0 Å². The molecule has 0 aliphatic carbocycles. The van der Waals surface area contributed by atoms with Gasteiger partial charge < -0.3 is 10.4 Å². The van der Waals surface area contributed by atoms with Crippen molar-refractivity contribution in [1.29, 1.82) is 0 Å². The second-order valence-corrected chi connectivity index (χ2v) is 4.64. The van der Waals surface area contributed by atoms with Crippen LogP contribution in [0.15, 0.2) is 70.3 Å². The fourth-order valence-electron chi connectivity index (χ4n) is 1.61. The van der Waals surface area contributed by atoms with Gasteiger partial charge in [0.15, 0.2) is 5.70 Å². The maximum atomic E-state index is 12.1. The summed E-state index contributed by atoms with van der Waals surface area (Å²) in [5.74, 6) is -0.421. The van der Waals surface area contributed by atoms with E-state index in [9.17, 15) is 9.90 Å². The molecule has 1 heterocycles. The Kier molecular flexibility index (Phi) is 4.98. The molecule has 1 amide bonds. The molecule has 0 bridgehead atoms. The zero-order valence-corrected chi connectivity index (χ0v) is 12.3. The van der Waals surface area contributed by atoms with Crippen LogP contribution in [0.1, 0.15) is 12.5 Å². The predicted molar refractivity (Wildman–Crippen MR) is 83.9 cm³/mol. The Morgan fingerprint density at radius 2 is 1.91 bits per heavy atom. The second kappa shape index (κ2) is 7.12. The molecule has 6 nitrogen and oxygen atoms in total. The van der Waals surface area contributed by atoms with Crippen LogP contribution in [0.3, 0.4) is 0 Å². The van der Waals surface area contributed by atoms with E-state index in [-0.39, 0.29) is 11.5 Å². The molecule has 1 aromatic heterocycles. The minimum absolute atomic E-state index is 0.161. The lowest BCUT2D eigenvalue weighted by molar-refractivity contribution is -0.113. The van der Waals surface area contributed by atoms with Crippen LogP contribution in [-0.4, -0.2) is 16.0 Å². The number of anilines is 1. The van der Waals surface area contributed by atoms with E-state index in [1.807, 2.05) is 19.1 Å². The first-order valence-electron chi connectivity index (χ1n) is 6.67. The van der Waals surface area contributed by atoms with E-state index in [1.54, 1.807) is 36.5 Å². The van der Waals surface area contributed by atoms with E-state index >= 15 is 0 Å². The first-order chi connectivity index (χ1) is 10.6. The third-order valence-electron chi connectivity index (χ3n) is 2.76. The van der Waals surface area contributed by atoms with Gasteiger partial charge in [-0.3, -0.25) is 4.79 Å². The number of allylic oxidation sites excluding steroid dienone is 1. The maximum absolute atomic E-state index is 12.1. The number of carbonyl (C=O) groups excluding carboxylic acids is 1. The number of azo groups is 1. The van der Waals surface area contributed by atoms with Gasteiger partial charge in [0.25, 0.3) is 5.91 Å². The van der Waals surface area contributed by atoms with Crippen LogP contribution >= 0.6 is 0 Å². The van der Waals surface area contributed by atoms with E-state index in [0.29, 0.717) is 11.5 Å². The molecule has 0 saturated carbocycles. The van der Waals surface area contributed by atoms with Gasteiger partial charge in [0.05, 0.1) is 5.69 Å². The van der Waals surface area contributed by atoms with Crippen LogP contribution in [0.2, 0.25) is 0 Å². The van der Waals surface area contributed by atoms with E-state index in [0.717, 1.165) is 5.56 Å². The molecule has 0 aliphatic heterocycles. The van der Waals surface area contributed by atoms with Crippen molar-refractivity contribution < 1.29 is 9.90 Å². The molecular formula is C16H16N4O2. The fourth-order valence-corrected chi connectivity index (χ4v) is 1.61. The van der Waals surface area contributed by atoms with E-state index < -0.39 is 5.91 Å². The van der Waals surface area contributed by atoms with Crippen LogP contribution in [0.5, 0.6) is 0 Å². The van der Waals surface area contributed by atoms with Gasteiger partial charge in [-0.1, -0.05) is 23.8 Å². The van der Waals surface area contributed by atoms with Crippen molar-refractivity contribution in [3.8, 4) is 0 Å². The van der Waals surface area contributed by atoms with Gasteiger partial charge in [-0.05, 0) is 38.1 Å². The molecule has 0 aliphatic rings. The smallest absolute Gasteiger partial charge is 0.280 e. The first kappa shape index (κ1) is 15.4. The Hall–Kier alpha value is -3.02. The normalized spacial score (nSPS) is 12.1. The summed E-state index contributed by atoms with van der Waals surface area (Å²) >= 11 is 0. The number of rotatable bonds is 4. The lowest BCUT2D eigenvalue weighted by atomic mass is 10.2. The third kappa shape index (κ3) is 4.24. The highest BCUT2D eigenvalue weighted by atomic mass is 16.3. The number of amides is 1. The van der Waals surface area contributed by atoms with Gasteiger partial charge in [0.2, 0.25) is 0 Å². The van der Waals surface area contributed by atoms with Crippen LogP contribution in [0, 0.1) is 6.92 Å². The minimum Gasteiger partial charge on any atom is -0.510 e. The van der Waals surface area contributed by atoms with E-state index in [2.05, 4.69) is 20.5 Å². The summed E-state index contributed by atoms with van der Waals surface area (Å²) in [5, 5.41) is 20.0. The molecule has 2 N–H and O–H groups in total. The Balaban J connectivity index is 2.15. The summed E-state index contributed by atoms with van der Waals surface area (Å²) in [6.45, 7) is 3.34. The van der Waals surface area contributed by atoms with Crippen molar-refractivity contribution >= 4 is 17.4 Å². The van der Waals surface area contributed by atoms with Gasteiger partial charge in [-0.2, -0.15) is 5.11 Å². The van der Waals surface area contributed by atoms with Crippen molar-refractivity contribution in [2.24, 2.45) is 10.2 Å². The van der Waals surface area contributed by atoms with Crippen molar-refractivity contribution in [2.75, 3.05) is 5.32 Å². The number of hydrogen-bond acceptors (Lipinski definition) is 5. The molecule has 0 fully saturated rings. The number of nitrogens with zero attached hydrogens (tertiary/aromatic N) is 3. The molecular weight excluding hydrogens is 280 g/mol. The largest absolute Gasteiger partial charge is 0.510 e. The number of hydrogen-bond donors (Lipinski definition) is 2. The number of pyridine rings is 1. The topological polar surface area (TPSA) is 86.9 Å². The first-order valence-corrected chi connectivity index (χ1v) is 6.67. The van der Waals surface area contributed by atoms with Crippen molar-refractivity contribution in [2.45, 2.75) is 13.8 Å². The summed E-state index contributed by atoms with van der Waals surface area (Å²) in [6.07, 6.45) is 1.55. The van der Waals surface area contributed by atoms with Crippen molar-refractivity contribution in [1.82, 2.24) is 4.98 Å². The molecule has 0 radical (unpaired) electrons. The highest BCUT2D eigenvalue weighted by molar-refractivity contribution is 6.03. The molecule has 22 heavy (non-hydrogen) atoms. The number of aliphatic hydroxyl groups is 1. The monoisotopic (exact) mass is 296 g/mol. The summed E-state index contributed by atoms with van der Waals surface area (Å²) in [7, 11) is 0. The number of aromatic nitrogens is 1. The van der Waals surface area contributed by atoms with E-state index in [4.69, 9.17) is 0 Å². The summed E-state index contributed by atoms with van der Waals surface area (Å²) in [5.41, 5.74) is 1.53. The molecule has 2 aromatic rings. The zero-order chi connectivity index (χ0) is 15.9. The van der Waals surface area contributed by atoms with Gasteiger partial charge in [-0.25, -0.2) is 4.98 Å². The highest BCUT2D eigenvalue weighted by Gasteiger charge is 2.13. The summed E-state index contributed by atoms with van der Waals surface area (Å²) in [4.78, 5) is 16.1. The number of aryl methyl sites for hydroxylation is 1. The molecule has 0 atom stereocenters. The average molecular weight is 296 g/mol. The fraction of sp³-hybridized carbons (Fsp3) is 0.125. The van der Waals surface area contributed by atoms with Crippen LogP contribution in [0.4, 0.5) is 11.5 Å². The number of carbonyl (C=O) groups is 1. The van der Waals surface area contributed by atoms with Crippen molar-refractivity contribution in [3.05, 3.63) is 65.7 Å². The quantitative estimate of drug-likeness (QED) is 0.509. The average Bonchev–Trinajstić information content (AvgIpc) is 2.50. The van der Waals surface area contributed by atoms with Gasteiger partial charge in [0, 0.05) is 6.20 Å². The summed E-state index contributed by atoms with van der Waals surface area (Å²) in [6, 6.07) is 12.4. The standard InChI is InChI=1S/C16H16N4O2/c1-11-6-8-13(9-7-11)19-20-15(12(2)21)16(22)18-14-5-3-4-10-17-14/h3-10,21H,1-2H3,(H,17,18,22)/b15-12-,20-19?. The molecule has 1 aromatic carbocycles. The number of benzene rings is 1. The van der Waals surface area contributed by atoms with Crippen LogP contribution < -0.4 is 5.32 Å². The Bertz CT molecular complexity index is 703. The predicted octanol–water partition coefficient (Wildman–Crippen LogP) is 3.90. The zero-order valence-electron chi connectivity index (χ0n) is 12.3.